The fourth-order valence-corrected chi connectivity index (χ4v) is 2.41. The van der Waals surface area contributed by atoms with Crippen molar-refractivity contribution in [3.63, 3.8) is 0 Å². The summed E-state index contributed by atoms with van der Waals surface area (Å²) in [5, 5.41) is 9.66. The molecule has 3 nitrogen and oxygen atoms in total. The van der Waals surface area contributed by atoms with Crippen molar-refractivity contribution in [2.75, 3.05) is 18.1 Å². The second-order valence-corrected chi connectivity index (χ2v) is 4.57. The van der Waals surface area contributed by atoms with Gasteiger partial charge in [-0.05, 0) is 18.6 Å². The van der Waals surface area contributed by atoms with E-state index < -0.39 is 0 Å². The SMILES string of the molecule is Cc1cccc(Cl)c1N1CC(CO)CC1=O. The summed E-state index contributed by atoms with van der Waals surface area (Å²) in [5.41, 5.74) is 1.77. The average Bonchev–Trinajstić information content (AvgIpc) is 2.60. The van der Waals surface area contributed by atoms with Crippen LogP contribution in [-0.4, -0.2) is 24.2 Å². The van der Waals surface area contributed by atoms with Gasteiger partial charge < -0.3 is 10.0 Å². The molecule has 0 spiro atoms. The fraction of sp³-hybridized carbons (Fsp3) is 0.417. The molecule has 1 aliphatic heterocycles. The molecule has 1 aromatic rings. The maximum atomic E-state index is 11.8. The summed E-state index contributed by atoms with van der Waals surface area (Å²) >= 11 is 6.11. The number of hydrogen-bond acceptors (Lipinski definition) is 2. The molecule has 2 rings (SSSR count). The first-order chi connectivity index (χ1) is 7.63. The number of aryl methyl sites for hydroxylation is 1. The first kappa shape index (κ1) is 11.4. The molecule has 1 atom stereocenters. The highest BCUT2D eigenvalue weighted by Crippen LogP contribution is 2.33. The highest BCUT2D eigenvalue weighted by atomic mass is 35.5. The molecule has 1 heterocycles. The maximum absolute atomic E-state index is 11.8. The van der Waals surface area contributed by atoms with Crippen molar-refractivity contribution >= 4 is 23.2 Å². The van der Waals surface area contributed by atoms with Crippen molar-refractivity contribution in [2.24, 2.45) is 5.92 Å². The zero-order valence-electron chi connectivity index (χ0n) is 9.11. The summed E-state index contributed by atoms with van der Waals surface area (Å²) in [4.78, 5) is 13.5. The molecule has 0 aromatic heterocycles. The van der Waals surface area contributed by atoms with Crippen LogP contribution in [0.3, 0.4) is 0 Å². The largest absolute Gasteiger partial charge is 0.396 e. The number of nitrogens with zero attached hydrogens (tertiary/aromatic N) is 1. The fourth-order valence-electron chi connectivity index (χ4n) is 2.08. The highest BCUT2D eigenvalue weighted by molar-refractivity contribution is 6.34. The Morgan fingerprint density at radius 3 is 2.88 bits per heavy atom. The monoisotopic (exact) mass is 239 g/mol. The lowest BCUT2D eigenvalue weighted by Crippen LogP contribution is -2.26. The van der Waals surface area contributed by atoms with Crippen LogP contribution < -0.4 is 4.90 Å². The molecule has 1 aromatic carbocycles. The minimum absolute atomic E-state index is 0.0307. The number of aliphatic hydroxyl groups is 1. The van der Waals surface area contributed by atoms with Crippen LogP contribution in [0.4, 0.5) is 5.69 Å². The van der Waals surface area contributed by atoms with Crippen molar-refractivity contribution in [1.29, 1.82) is 0 Å². The number of amides is 1. The van der Waals surface area contributed by atoms with E-state index >= 15 is 0 Å². The second kappa shape index (κ2) is 4.44. The van der Waals surface area contributed by atoms with Crippen LogP contribution in [0.2, 0.25) is 5.02 Å². The normalized spacial score (nSPS) is 20.6. The maximum Gasteiger partial charge on any atom is 0.227 e. The molecule has 1 fully saturated rings. The number of aliphatic hydroxyl groups excluding tert-OH is 1. The van der Waals surface area contributed by atoms with E-state index in [4.69, 9.17) is 16.7 Å². The van der Waals surface area contributed by atoms with Crippen molar-refractivity contribution < 1.29 is 9.90 Å². The van der Waals surface area contributed by atoms with Gasteiger partial charge in [-0.2, -0.15) is 0 Å². The zero-order chi connectivity index (χ0) is 11.7. The van der Waals surface area contributed by atoms with Gasteiger partial charge in [-0.25, -0.2) is 0 Å². The number of hydrogen-bond donors (Lipinski definition) is 1. The lowest BCUT2D eigenvalue weighted by molar-refractivity contribution is -0.117. The predicted molar refractivity (Wildman–Crippen MR) is 63.7 cm³/mol. The van der Waals surface area contributed by atoms with Gasteiger partial charge in [-0.15, -0.1) is 0 Å². The van der Waals surface area contributed by atoms with E-state index in [0.717, 1.165) is 11.3 Å². The van der Waals surface area contributed by atoms with E-state index in [-0.39, 0.29) is 18.4 Å². The number of para-hydroxylation sites is 1. The van der Waals surface area contributed by atoms with Crippen LogP contribution >= 0.6 is 11.6 Å². The van der Waals surface area contributed by atoms with Crippen LogP contribution in [0.15, 0.2) is 18.2 Å². The standard InChI is InChI=1S/C12H14ClNO2/c1-8-3-2-4-10(13)12(8)14-6-9(7-15)5-11(14)16/h2-4,9,15H,5-7H2,1H3. The van der Waals surface area contributed by atoms with Gasteiger partial charge in [0.05, 0.1) is 10.7 Å². The van der Waals surface area contributed by atoms with Gasteiger partial charge in [-0.3, -0.25) is 4.79 Å². The summed E-state index contributed by atoms with van der Waals surface area (Å²) in [6.45, 7) is 2.53. The number of anilines is 1. The van der Waals surface area contributed by atoms with Gasteiger partial charge >= 0.3 is 0 Å². The molecule has 0 bridgehead atoms. The molecule has 1 aliphatic rings. The van der Waals surface area contributed by atoms with Gasteiger partial charge in [-0.1, -0.05) is 23.7 Å². The quantitative estimate of drug-likeness (QED) is 0.858. The molecule has 1 amide bonds. The molecule has 1 saturated heterocycles. The van der Waals surface area contributed by atoms with Gasteiger partial charge in [0.2, 0.25) is 5.91 Å². The lowest BCUT2D eigenvalue weighted by atomic mass is 10.1. The predicted octanol–water partition coefficient (Wildman–Crippen LogP) is 1.99. The summed E-state index contributed by atoms with van der Waals surface area (Å²) < 4.78 is 0. The van der Waals surface area contributed by atoms with E-state index in [0.29, 0.717) is 18.0 Å². The molecule has 1 N–H and O–H groups in total. The van der Waals surface area contributed by atoms with Crippen LogP contribution in [0, 0.1) is 12.8 Å². The van der Waals surface area contributed by atoms with E-state index in [1.165, 1.54) is 0 Å². The first-order valence-corrected chi connectivity index (χ1v) is 5.67. The number of rotatable bonds is 2. The Labute approximate surface area is 99.6 Å². The average molecular weight is 240 g/mol. The van der Waals surface area contributed by atoms with E-state index in [2.05, 4.69) is 0 Å². The summed E-state index contributed by atoms with van der Waals surface area (Å²) in [6, 6.07) is 5.58. The minimum Gasteiger partial charge on any atom is -0.396 e. The van der Waals surface area contributed by atoms with E-state index in [1.54, 1.807) is 11.0 Å². The van der Waals surface area contributed by atoms with E-state index in [1.807, 2.05) is 19.1 Å². The molecule has 16 heavy (non-hydrogen) atoms. The second-order valence-electron chi connectivity index (χ2n) is 4.16. The first-order valence-electron chi connectivity index (χ1n) is 5.30. The Hall–Kier alpha value is -1.06. The Balaban J connectivity index is 2.35. The molecule has 4 heteroatoms. The third-order valence-electron chi connectivity index (χ3n) is 2.92. The highest BCUT2D eigenvalue weighted by Gasteiger charge is 2.31. The summed E-state index contributed by atoms with van der Waals surface area (Å²) in [7, 11) is 0. The number of carbonyl (C=O) groups is 1. The molecule has 0 saturated carbocycles. The third kappa shape index (κ3) is 1.93. The molecule has 0 aliphatic carbocycles. The van der Waals surface area contributed by atoms with Crippen molar-refractivity contribution in [2.45, 2.75) is 13.3 Å². The Kier molecular flexibility index (Phi) is 3.17. The molecule has 1 unspecified atom stereocenters. The van der Waals surface area contributed by atoms with Gasteiger partial charge in [0, 0.05) is 25.5 Å². The lowest BCUT2D eigenvalue weighted by Gasteiger charge is -2.20. The molecule has 86 valence electrons. The Morgan fingerprint density at radius 1 is 1.56 bits per heavy atom. The molecule has 0 radical (unpaired) electrons. The van der Waals surface area contributed by atoms with Crippen molar-refractivity contribution in [3.8, 4) is 0 Å². The number of halogens is 1. The molecular formula is C12H14ClNO2. The number of benzene rings is 1. The third-order valence-corrected chi connectivity index (χ3v) is 3.23. The van der Waals surface area contributed by atoms with Crippen LogP contribution in [0.25, 0.3) is 0 Å². The molecular weight excluding hydrogens is 226 g/mol. The minimum atomic E-state index is 0.0307. The van der Waals surface area contributed by atoms with E-state index in [9.17, 15) is 4.79 Å². The van der Waals surface area contributed by atoms with Crippen molar-refractivity contribution in [1.82, 2.24) is 0 Å². The van der Waals surface area contributed by atoms with Gasteiger partial charge in [0.15, 0.2) is 0 Å². The zero-order valence-corrected chi connectivity index (χ0v) is 9.87. The van der Waals surface area contributed by atoms with Gasteiger partial charge in [0.1, 0.15) is 0 Å². The van der Waals surface area contributed by atoms with Crippen LogP contribution in [-0.2, 0) is 4.79 Å². The Morgan fingerprint density at radius 2 is 2.31 bits per heavy atom. The van der Waals surface area contributed by atoms with Crippen molar-refractivity contribution in [3.05, 3.63) is 28.8 Å². The summed E-state index contributed by atoms with van der Waals surface area (Å²) in [5.74, 6) is 0.0680. The topological polar surface area (TPSA) is 40.5 Å². The van der Waals surface area contributed by atoms with Crippen LogP contribution in [0.1, 0.15) is 12.0 Å². The Bertz CT molecular complexity index is 399. The number of carbonyl (C=O) groups excluding carboxylic acids is 1. The van der Waals surface area contributed by atoms with Crippen LogP contribution in [0.5, 0.6) is 0 Å². The smallest absolute Gasteiger partial charge is 0.227 e. The van der Waals surface area contributed by atoms with Gasteiger partial charge in [0.25, 0.3) is 0 Å². The summed E-state index contributed by atoms with van der Waals surface area (Å²) in [6.07, 6.45) is 0.404.